The molecule has 5 aliphatic rings. The third kappa shape index (κ3) is 3.38. The van der Waals surface area contributed by atoms with Crippen molar-refractivity contribution in [1.29, 1.82) is 0 Å². The molecule has 31 heavy (non-hydrogen) atoms. The molecule has 0 aromatic rings. The van der Waals surface area contributed by atoms with Gasteiger partial charge in [-0.3, -0.25) is 4.79 Å². The summed E-state index contributed by atoms with van der Waals surface area (Å²) in [5.74, 6) is 5.06. The highest BCUT2D eigenvalue weighted by atomic mass is 16.3. The molecule has 1 heterocycles. The number of likely N-dealkylation sites (tertiary alicyclic amines) is 1. The molecule has 1 N–H and O–H groups in total. The van der Waals surface area contributed by atoms with Crippen LogP contribution in [-0.2, 0) is 4.79 Å². The second-order valence-corrected chi connectivity index (χ2v) is 13.3. The molecule has 0 unspecified atom stereocenters. The molecule has 3 nitrogen and oxygen atoms in total. The summed E-state index contributed by atoms with van der Waals surface area (Å²) in [7, 11) is 2.36. The second-order valence-electron chi connectivity index (χ2n) is 13.3. The van der Waals surface area contributed by atoms with Gasteiger partial charge in [-0.05, 0) is 111 Å². The fraction of sp³-hybridized carbons (Fsp3) is 0.964. The summed E-state index contributed by atoms with van der Waals surface area (Å²) in [5.41, 5.74) is 0.562. The highest BCUT2D eigenvalue weighted by Gasteiger charge is 2.62. The zero-order valence-electron chi connectivity index (χ0n) is 20.8. The molecule has 4 saturated carbocycles. The average molecular weight is 430 g/mol. The van der Waals surface area contributed by atoms with Gasteiger partial charge in [0.15, 0.2) is 0 Å². The number of hydrogen-bond donors (Lipinski definition) is 1. The van der Waals surface area contributed by atoms with Crippen LogP contribution in [0, 0.1) is 52.3 Å². The van der Waals surface area contributed by atoms with Crippen LogP contribution in [0.2, 0.25) is 0 Å². The Hall–Kier alpha value is -0.410. The molecule has 0 aromatic carbocycles. The van der Waals surface area contributed by atoms with E-state index in [1.54, 1.807) is 0 Å². The second kappa shape index (κ2) is 7.83. The van der Waals surface area contributed by atoms with Crippen molar-refractivity contribution < 1.29 is 9.90 Å². The molecule has 1 aliphatic heterocycles. The van der Waals surface area contributed by atoms with Gasteiger partial charge in [0.25, 0.3) is 0 Å². The summed E-state index contributed by atoms with van der Waals surface area (Å²) >= 11 is 0. The molecule has 5 fully saturated rings. The van der Waals surface area contributed by atoms with E-state index in [1.165, 1.54) is 45.1 Å². The molecule has 0 bridgehead atoms. The van der Waals surface area contributed by atoms with Gasteiger partial charge in [-0.2, -0.15) is 0 Å². The van der Waals surface area contributed by atoms with E-state index in [-0.39, 0.29) is 17.4 Å². The van der Waals surface area contributed by atoms with Crippen LogP contribution in [0.3, 0.4) is 0 Å². The summed E-state index contributed by atoms with van der Waals surface area (Å²) in [4.78, 5) is 16.0. The predicted molar refractivity (Wildman–Crippen MR) is 126 cm³/mol. The van der Waals surface area contributed by atoms with E-state index in [9.17, 15) is 9.90 Å². The Morgan fingerprint density at radius 3 is 2.45 bits per heavy atom. The molecule has 0 radical (unpaired) electrons. The predicted octanol–water partition coefficient (Wildman–Crippen LogP) is 5.55. The number of carbonyl (C=O) groups excluding carboxylic acids is 1. The van der Waals surface area contributed by atoms with Crippen LogP contribution in [0.4, 0.5) is 0 Å². The molecule has 0 spiro atoms. The molecule has 4 aliphatic carbocycles. The average Bonchev–Trinajstić information content (AvgIpc) is 3.06. The van der Waals surface area contributed by atoms with Crippen molar-refractivity contribution in [2.24, 2.45) is 52.3 Å². The number of fused-ring (bicyclic) bond motifs is 5. The minimum Gasteiger partial charge on any atom is -0.393 e. The third-order valence-corrected chi connectivity index (χ3v) is 11.9. The number of ketones is 1. The Balaban J connectivity index is 1.37. The van der Waals surface area contributed by atoms with Crippen LogP contribution in [0.1, 0.15) is 91.9 Å². The molecule has 0 amide bonds. The van der Waals surface area contributed by atoms with Crippen LogP contribution in [0.5, 0.6) is 0 Å². The lowest BCUT2D eigenvalue weighted by Gasteiger charge is -2.60. The lowest BCUT2D eigenvalue weighted by atomic mass is 9.44. The van der Waals surface area contributed by atoms with Gasteiger partial charge < -0.3 is 10.0 Å². The third-order valence-electron chi connectivity index (χ3n) is 11.9. The number of aliphatic hydroxyl groups excluding tert-OH is 1. The van der Waals surface area contributed by atoms with Gasteiger partial charge in [0.1, 0.15) is 5.78 Å². The molecular formula is C28H47NO2. The summed E-state index contributed by atoms with van der Waals surface area (Å²) in [5, 5.41) is 10.3. The van der Waals surface area contributed by atoms with Crippen LogP contribution in [-0.4, -0.2) is 41.5 Å². The Morgan fingerprint density at radius 2 is 1.71 bits per heavy atom. The SMILES string of the molecule is C[C@@H]1CC[C@@H]([C@@H](C)[C@H]2CC[C@H]3[C@@H]4CC(=O)[C@H]5C[C@@H](O)CC[C@]5(C)[C@H]4CC[C@]23C)N(C)C1. The first-order valence-corrected chi connectivity index (χ1v) is 13.6. The molecule has 176 valence electrons. The van der Waals surface area contributed by atoms with E-state index in [4.69, 9.17) is 0 Å². The van der Waals surface area contributed by atoms with Gasteiger partial charge in [-0.25, -0.2) is 0 Å². The number of carbonyl (C=O) groups is 1. The number of nitrogens with zero attached hydrogens (tertiary/aromatic N) is 1. The van der Waals surface area contributed by atoms with E-state index in [0.717, 1.165) is 55.4 Å². The minimum absolute atomic E-state index is 0.121. The van der Waals surface area contributed by atoms with E-state index in [0.29, 0.717) is 23.0 Å². The lowest BCUT2D eigenvalue weighted by molar-refractivity contribution is -0.160. The standard InChI is InChI=1S/C28H47NO2/c1-17-6-9-25(29(5)16-17)18(2)21-7-8-22-20-15-26(31)24-14-19(30)10-12-28(24,4)23(20)11-13-27(21,22)3/h17-25,30H,6-16H2,1-5H3/t17-,18+,19+,20+,21-,22+,23+,24-,25+,27-,28-/m1/s1. The Bertz CT molecular complexity index is 707. The van der Waals surface area contributed by atoms with Crippen molar-refractivity contribution in [2.75, 3.05) is 13.6 Å². The minimum atomic E-state index is -0.251. The number of rotatable bonds is 2. The molecule has 0 aromatic heterocycles. The monoisotopic (exact) mass is 429 g/mol. The van der Waals surface area contributed by atoms with Crippen molar-refractivity contribution in [3.05, 3.63) is 0 Å². The zero-order valence-corrected chi connectivity index (χ0v) is 20.8. The Morgan fingerprint density at radius 1 is 1.00 bits per heavy atom. The van der Waals surface area contributed by atoms with Crippen LogP contribution < -0.4 is 0 Å². The highest BCUT2D eigenvalue weighted by molar-refractivity contribution is 5.83. The van der Waals surface area contributed by atoms with E-state index in [2.05, 4.69) is 39.6 Å². The van der Waals surface area contributed by atoms with Crippen molar-refractivity contribution in [1.82, 2.24) is 4.90 Å². The first kappa shape index (κ1) is 22.4. The van der Waals surface area contributed by atoms with E-state index in [1.807, 2.05) is 0 Å². The molecule has 3 heteroatoms. The van der Waals surface area contributed by atoms with Gasteiger partial charge in [-0.1, -0.05) is 27.7 Å². The Kier molecular flexibility index (Phi) is 5.65. The molecular weight excluding hydrogens is 382 g/mol. The highest BCUT2D eigenvalue weighted by Crippen LogP contribution is 2.68. The number of Topliss-reactive ketones (excluding diaryl/α,β-unsaturated/α-hetero) is 1. The van der Waals surface area contributed by atoms with Gasteiger partial charge in [0, 0.05) is 24.9 Å². The number of hydrogen-bond acceptors (Lipinski definition) is 3. The first-order valence-electron chi connectivity index (χ1n) is 13.6. The Labute approximate surface area is 190 Å². The summed E-state index contributed by atoms with van der Waals surface area (Å²) in [6.07, 6.45) is 11.4. The van der Waals surface area contributed by atoms with Gasteiger partial charge in [0.2, 0.25) is 0 Å². The van der Waals surface area contributed by atoms with Crippen molar-refractivity contribution in [3.8, 4) is 0 Å². The van der Waals surface area contributed by atoms with Crippen molar-refractivity contribution >= 4 is 5.78 Å². The van der Waals surface area contributed by atoms with E-state index >= 15 is 0 Å². The smallest absolute Gasteiger partial charge is 0.136 e. The molecule has 5 rings (SSSR count). The zero-order chi connectivity index (χ0) is 22.1. The van der Waals surface area contributed by atoms with Crippen molar-refractivity contribution in [3.63, 3.8) is 0 Å². The summed E-state index contributed by atoms with van der Waals surface area (Å²) < 4.78 is 0. The van der Waals surface area contributed by atoms with Gasteiger partial charge in [-0.15, -0.1) is 0 Å². The number of aliphatic hydroxyl groups is 1. The van der Waals surface area contributed by atoms with E-state index < -0.39 is 0 Å². The lowest BCUT2D eigenvalue weighted by Crippen LogP contribution is -2.57. The van der Waals surface area contributed by atoms with Gasteiger partial charge in [0.05, 0.1) is 6.10 Å². The van der Waals surface area contributed by atoms with Gasteiger partial charge >= 0.3 is 0 Å². The first-order chi connectivity index (χ1) is 14.6. The van der Waals surface area contributed by atoms with Crippen LogP contribution in [0.25, 0.3) is 0 Å². The fourth-order valence-corrected chi connectivity index (χ4v) is 10.3. The number of piperidine rings is 1. The maximum absolute atomic E-state index is 13.3. The molecule has 11 atom stereocenters. The van der Waals surface area contributed by atoms with Crippen LogP contribution >= 0.6 is 0 Å². The maximum Gasteiger partial charge on any atom is 0.136 e. The quantitative estimate of drug-likeness (QED) is 0.625. The summed E-state index contributed by atoms with van der Waals surface area (Å²) in [6.45, 7) is 11.3. The summed E-state index contributed by atoms with van der Waals surface area (Å²) in [6, 6.07) is 0.740. The topological polar surface area (TPSA) is 40.5 Å². The fourth-order valence-electron chi connectivity index (χ4n) is 10.3. The molecule has 1 saturated heterocycles. The normalized spacial score (nSPS) is 54.1. The largest absolute Gasteiger partial charge is 0.393 e. The van der Waals surface area contributed by atoms with Crippen LogP contribution in [0.15, 0.2) is 0 Å². The van der Waals surface area contributed by atoms with Crippen molar-refractivity contribution in [2.45, 2.75) is 104 Å². The maximum atomic E-state index is 13.3.